The van der Waals surface area contributed by atoms with Crippen LogP contribution >= 0.6 is 0 Å². The van der Waals surface area contributed by atoms with Crippen LogP contribution in [0.15, 0.2) is 48.7 Å². The van der Waals surface area contributed by atoms with Crippen LogP contribution in [0.4, 0.5) is 4.39 Å². The smallest absolute Gasteiger partial charge is 0.237 e. The summed E-state index contributed by atoms with van der Waals surface area (Å²) >= 11 is 0. The molecule has 0 N–H and O–H groups in total. The lowest BCUT2D eigenvalue weighted by molar-refractivity contribution is -0.136. The van der Waals surface area contributed by atoms with E-state index in [-0.39, 0.29) is 11.7 Å². The van der Waals surface area contributed by atoms with Crippen molar-refractivity contribution in [2.24, 2.45) is 0 Å². The van der Waals surface area contributed by atoms with Gasteiger partial charge in [-0.15, -0.1) is 0 Å². The first-order valence-electron chi connectivity index (χ1n) is 8.78. The van der Waals surface area contributed by atoms with E-state index in [1.165, 1.54) is 6.07 Å². The molecule has 0 saturated carbocycles. The quantitative estimate of drug-likeness (QED) is 0.725. The first-order chi connectivity index (χ1) is 12.6. The molecule has 5 nitrogen and oxygen atoms in total. The van der Waals surface area contributed by atoms with Crippen molar-refractivity contribution in [3.05, 3.63) is 71.4 Å². The molecule has 26 heavy (non-hydrogen) atoms. The van der Waals surface area contributed by atoms with Crippen LogP contribution in [0.1, 0.15) is 17.0 Å². The van der Waals surface area contributed by atoms with E-state index in [0.29, 0.717) is 31.7 Å². The number of hydrogen-bond acceptors (Lipinski definition) is 3. The Morgan fingerprint density at radius 1 is 1.08 bits per heavy atom. The molecule has 2 aromatic heterocycles. The molecule has 1 aliphatic rings. The Morgan fingerprint density at radius 3 is 2.69 bits per heavy atom. The molecule has 0 bridgehead atoms. The first-order valence-corrected chi connectivity index (χ1v) is 8.78. The monoisotopic (exact) mass is 352 g/mol. The van der Waals surface area contributed by atoms with Gasteiger partial charge in [0.05, 0.1) is 17.9 Å². The molecular weight excluding hydrogens is 331 g/mol. The molecule has 0 unspecified atom stereocenters. The van der Waals surface area contributed by atoms with E-state index in [2.05, 4.69) is 14.3 Å². The average molecular weight is 352 g/mol. The molecule has 1 fully saturated rings. The largest absolute Gasteiger partial charge is 0.336 e. The molecule has 3 aromatic rings. The van der Waals surface area contributed by atoms with E-state index >= 15 is 0 Å². The van der Waals surface area contributed by atoms with Gasteiger partial charge in [0.15, 0.2) is 0 Å². The van der Waals surface area contributed by atoms with Crippen LogP contribution in [0.3, 0.4) is 0 Å². The highest BCUT2D eigenvalue weighted by atomic mass is 19.1. The summed E-state index contributed by atoms with van der Waals surface area (Å²) in [5.41, 5.74) is 3.57. The maximum atomic E-state index is 13.8. The minimum Gasteiger partial charge on any atom is -0.336 e. The first kappa shape index (κ1) is 16.7. The van der Waals surface area contributed by atoms with Crippen LogP contribution in [0, 0.1) is 12.7 Å². The van der Waals surface area contributed by atoms with Crippen LogP contribution in [-0.2, 0) is 17.9 Å². The fourth-order valence-electron chi connectivity index (χ4n) is 3.46. The summed E-state index contributed by atoms with van der Waals surface area (Å²) in [4.78, 5) is 21.0. The molecule has 1 aliphatic heterocycles. The van der Waals surface area contributed by atoms with Crippen LogP contribution < -0.4 is 0 Å². The molecule has 0 spiro atoms. The Hall–Kier alpha value is -2.73. The van der Waals surface area contributed by atoms with Gasteiger partial charge in [0.25, 0.3) is 0 Å². The average Bonchev–Trinajstić information content (AvgIpc) is 2.95. The highest BCUT2D eigenvalue weighted by Crippen LogP contribution is 2.17. The Balaban J connectivity index is 1.45. The minimum absolute atomic E-state index is 0.0333. The zero-order valence-electron chi connectivity index (χ0n) is 14.7. The fourth-order valence-corrected chi connectivity index (χ4v) is 3.46. The molecule has 3 heterocycles. The molecule has 134 valence electrons. The molecule has 4 rings (SSSR count). The van der Waals surface area contributed by atoms with Crippen molar-refractivity contribution in [3.63, 3.8) is 0 Å². The number of hydrogen-bond donors (Lipinski definition) is 0. The van der Waals surface area contributed by atoms with Gasteiger partial charge in [0.2, 0.25) is 5.91 Å². The van der Waals surface area contributed by atoms with Gasteiger partial charge in [-0.2, -0.15) is 0 Å². The molecule has 1 saturated heterocycles. The van der Waals surface area contributed by atoms with Gasteiger partial charge >= 0.3 is 0 Å². The van der Waals surface area contributed by atoms with Crippen LogP contribution in [0.2, 0.25) is 0 Å². The maximum absolute atomic E-state index is 13.8. The van der Waals surface area contributed by atoms with E-state index < -0.39 is 0 Å². The van der Waals surface area contributed by atoms with Gasteiger partial charge in [-0.05, 0) is 25.1 Å². The number of carbonyl (C=O) groups excluding carboxylic acids is 1. The fraction of sp³-hybridized carbons (Fsp3) is 0.300. The van der Waals surface area contributed by atoms with Gasteiger partial charge in [-0.25, -0.2) is 9.37 Å². The zero-order chi connectivity index (χ0) is 18.1. The van der Waals surface area contributed by atoms with E-state index in [1.54, 1.807) is 23.1 Å². The van der Waals surface area contributed by atoms with E-state index in [0.717, 1.165) is 23.6 Å². The highest BCUT2D eigenvalue weighted by molar-refractivity contribution is 5.79. The van der Waals surface area contributed by atoms with Crippen molar-refractivity contribution < 1.29 is 9.18 Å². The Morgan fingerprint density at radius 2 is 1.88 bits per heavy atom. The summed E-state index contributed by atoms with van der Waals surface area (Å²) in [6, 6.07) is 12.6. The maximum Gasteiger partial charge on any atom is 0.237 e. The summed E-state index contributed by atoms with van der Waals surface area (Å²) in [5.74, 6) is -0.227. The molecule has 0 atom stereocenters. The second kappa shape index (κ2) is 6.88. The second-order valence-corrected chi connectivity index (χ2v) is 6.69. The number of pyridine rings is 1. The van der Waals surface area contributed by atoms with Crippen molar-refractivity contribution in [2.75, 3.05) is 19.6 Å². The Labute approximate surface area is 151 Å². The van der Waals surface area contributed by atoms with Crippen molar-refractivity contribution in [2.45, 2.75) is 20.0 Å². The van der Waals surface area contributed by atoms with Crippen molar-refractivity contribution in [1.29, 1.82) is 0 Å². The predicted molar refractivity (Wildman–Crippen MR) is 97.0 cm³/mol. The van der Waals surface area contributed by atoms with E-state index in [1.807, 2.05) is 31.3 Å². The summed E-state index contributed by atoms with van der Waals surface area (Å²) in [7, 11) is 0. The second-order valence-electron chi connectivity index (χ2n) is 6.69. The van der Waals surface area contributed by atoms with Gasteiger partial charge in [0, 0.05) is 37.9 Å². The van der Waals surface area contributed by atoms with E-state index in [9.17, 15) is 9.18 Å². The predicted octanol–water partition coefficient (Wildman–Crippen LogP) is 2.63. The lowest BCUT2D eigenvalue weighted by Gasteiger charge is -2.34. The summed E-state index contributed by atoms with van der Waals surface area (Å²) in [6.45, 7) is 4.71. The molecular formula is C20H21FN4O. The van der Waals surface area contributed by atoms with Crippen molar-refractivity contribution in [1.82, 2.24) is 19.2 Å². The number of piperazine rings is 1. The minimum atomic E-state index is -0.260. The number of halogens is 1. The standard InChI is InChI=1S/C20H21FN4O/c1-15-18(25-9-5-4-8-19(25)22-15)13-23-10-11-24(20(26)14-23)12-16-6-2-3-7-17(16)21/h2-9H,10-14H2,1H3. The Kier molecular flexibility index (Phi) is 4.42. The third-order valence-corrected chi connectivity index (χ3v) is 4.92. The number of rotatable bonds is 4. The van der Waals surface area contributed by atoms with Crippen LogP contribution in [0.25, 0.3) is 5.65 Å². The number of amides is 1. The van der Waals surface area contributed by atoms with Gasteiger partial charge < -0.3 is 9.30 Å². The molecule has 1 amide bonds. The number of fused-ring (bicyclic) bond motifs is 1. The lowest BCUT2D eigenvalue weighted by Crippen LogP contribution is -2.49. The van der Waals surface area contributed by atoms with Gasteiger partial charge in [0.1, 0.15) is 11.5 Å². The number of nitrogens with zero attached hydrogens (tertiary/aromatic N) is 4. The third-order valence-electron chi connectivity index (χ3n) is 4.92. The molecule has 6 heteroatoms. The number of imidazole rings is 1. The molecule has 0 radical (unpaired) electrons. The molecule has 0 aliphatic carbocycles. The van der Waals surface area contributed by atoms with E-state index in [4.69, 9.17) is 0 Å². The highest BCUT2D eigenvalue weighted by Gasteiger charge is 2.25. The Bertz CT molecular complexity index is 952. The molecule has 1 aromatic carbocycles. The number of aryl methyl sites for hydroxylation is 1. The summed E-state index contributed by atoms with van der Waals surface area (Å²) in [5, 5.41) is 0. The SMILES string of the molecule is Cc1nc2ccccn2c1CN1CCN(Cc2ccccc2F)C(=O)C1. The lowest BCUT2D eigenvalue weighted by atomic mass is 10.1. The number of benzene rings is 1. The van der Waals surface area contributed by atoms with Crippen molar-refractivity contribution in [3.8, 4) is 0 Å². The topological polar surface area (TPSA) is 40.9 Å². The van der Waals surface area contributed by atoms with Gasteiger partial charge in [-0.3, -0.25) is 9.69 Å². The number of aromatic nitrogens is 2. The summed E-state index contributed by atoms with van der Waals surface area (Å²) < 4.78 is 15.9. The van der Waals surface area contributed by atoms with Gasteiger partial charge in [-0.1, -0.05) is 24.3 Å². The van der Waals surface area contributed by atoms with Crippen molar-refractivity contribution >= 4 is 11.6 Å². The number of carbonyl (C=O) groups is 1. The third kappa shape index (κ3) is 3.20. The zero-order valence-corrected chi connectivity index (χ0v) is 14.7. The van der Waals surface area contributed by atoms with Crippen LogP contribution in [-0.4, -0.2) is 44.7 Å². The normalized spacial score (nSPS) is 15.8. The summed E-state index contributed by atoms with van der Waals surface area (Å²) in [6.07, 6.45) is 2.00. The van der Waals surface area contributed by atoms with Crippen LogP contribution in [0.5, 0.6) is 0 Å².